The molecule has 1 aromatic carbocycles. The van der Waals surface area contributed by atoms with Gasteiger partial charge in [0, 0.05) is 30.4 Å². The van der Waals surface area contributed by atoms with Crippen LogP contribution in [0.5, 0.6) is 11.6 Å². The van der Waals surface area contributed by atoms with Crippen molar-refractivity contribution in [3.63, 3.8) is 0 Å². The maximum Gasteiger partial charge on any atom is 0.217 e. The second-order valence-electron chi connectivity index (χ2n) is 4.36. The highest BCUT2D eigenvalue weighted by Crippen LogP contribution is 2.21. The molecule has 0 aliphatic rings. The van der Waals surface area contributed by atoms with E-state index in [1.807, 2.05) is 37.3 Å². The highest BCUT2D eigenvalue weighted by atomic mass is 16.5. The number of nitrogens with zero attached hydrogens (tertiary/aromatic N) is 1. The van der Waals surface area contributed by atoms with Crippen molar-refractivity contribution in [1.82, 2.24) is 10.3 Å². The van der Waals surface area contributed by atoms with Gasteiger partial charge in [0.25, 0.3) is 0 Å². The van der Waals surface area contributed by atoms with E-state index in [0.29, 0.717) is 24.7 Å². The number of aryl methyl sites for hydroxylation is 1. The zero-order valence-electron chi connectivity index (χ0n) is 11.2. The Bertz CT molecular complexity index is 556. The van der Waals surface area contributed by atoms with Gasteiger partial charge in [0.05, 0.1) is 7.11 Å². The van der Waals surface area contributed by atoms with E-state index in [9.17, 15) is 5.11 Å². The van der Waals surface area contributed by atoms with E-state index in [4.69, 9.17) is 4.74 Å². The van der Waals surface area contributed by atoms with Gasteiger partial charge >= 0.3 is 0 Å². The van der Waals surface area contributed by atoms with E-state index >= 15 is 0 Å². The summed E-state index contributed by atoms with van der Waals surface area (Å²) in [4.78, 5) is 4.14. The summed E-state index contributed by atoms with van der Waals surface area (Å²) in [5.74, 6) is 0.983. The summed E-state index contributed by atoms with van der Waals surface area (Å²) >= 11 is 0. The quantitative estimate of drug-likeness (QED) is 0.864. The summed E-state index contributed by atoms with van der Waals surface area (Å²) in [7, 11) is 1.61. The molecule has 1 heterocycles. The number of hydrogen-bond donors (Lipinski definition) is 2. The minimum Gasteiger partial charge on any atom is -0.507 e. The molecule has 0 spiro atoms. The van der Waals surface area contributed by atoms with Crippen molar-refractivity contribution in [1.29, 1.82) is 0 Å². The van der Waals surface area contributed by atoms with Crippen LogP contribution in [0.25, 0.3) is 0 Å². The molecule has 2 N–H and O–H groups in total. The van der Waals surface area contributed by atoms with Crippen LogP contribution < -0.4 is 10.1 Å². The molecule has 100 valence electrons. The normalized spacial score (nSPS) is 10.4. The van der Waals surface area contributed by atoms with Gasteiger partial charge < -0.3 is 15.2 Å². The minimum absolute atomic E-state index is 0.355. The predicted molar refractivity (Wildman–Crippen MR) is 74.2 cm³/mol. The summed E-state index contributed by atoms with van der Waals surface area (Å²) in [6.45, 7) is 3.14. The third-order valence-corrected chi connectivity index (χ3v) is 3.00. The van der Waals surface area contributed by atoms with E-state index < -0.39 is 0 Å². The Hall–Kier alpha value is -2.07. The Balaban J connectivity index is 1.98. The molecule has 2 aromatic rings. The van der Waals surface area contributed by atoms with Crippen LogP contribution in [0.3, 0.4) is 0 Å². The Morgan fingerprint density at radius 3 is 2.68 bits per heavy atom. The van der Waals surface area contributed by atoms with Crippen LogP contribution in [0.15, 0.2) is 36.5 Å². The summed E-state index contributed by atoms with van der Waals surface area (Å²) in [5.41, 5.74) is 2.78. The Morgan fingerprint density at radius 1 is 1.16 bits per heavy atom. The number of ether oxygens (including phenoxy) is 1. The number of phenols is 1. The first-order chi connectivity index (χ1) is 9.22. The first kappa shape index (κ1) is 13.4. The van der Waals surface area contributed by atoms with E-state index in [-0.39, 0.29) is 0 Å². The fourth-order valence-corrected chi connectivity index (χ4v) is 1.94. The minimum atomic E-state index is 0.355. The van der Waals surface area contributed by atoms with Crippen molar-refractivity contribution in [3.8, 4) is 11.6 Å². The molecular formula is C15H18N2O2. The third kappa shape index (κ3) is 3.23. The molecule has 0 bridgehead atoms. The van der Waals surface area contributed by atoms with Crippen LogP contribution in [0.2, 0.25) is 0 Å². The van der Waals surface area contributed by atoms with Crippen molar-refractivity contribution < 1.29 is 9.84 Å². The van der Waals surface area contributed by atoms with Gasteiger partial charge in [0.1, 0.15) is 5.75 Å². The van der Waals surface area contributed by atoms with Crippen molar-refractivity contribution in [3.05, 3.63) is 53.2 Å². The highest BCUT2D eigenvalue weighted by molar-refractivity contribution is 5.39. The molecule has 19 heavy (non-hydrogen) atoms. The maximum absolute atomic E-state index is 9.92. The molecule has 0 aliphatic carbocycles. The SMILES string of the molecule is COc1ncccc1CNCc1cccc(C)c1O. The van der Waals surface area contributed by atoms with Crippen LogP contribution in [0.4, 0.5) is 0 Å². The molecule has 0 atom stereocenters. The molecule has 4 nitrogen and oxygen atoms in total. The standard InChI is InChI=1S/C15H18N2O2/c1-11-5-3-6-12(14(11)18)9-16-10-13-7-4-8-17-15(13)19-2/h3-8,16,18H,9-10H2,1-2H3. The highest BCUT2D eigenvalue weighted by Gasteiger charge is 2.05. The van der Waals surface area contributed by atoms with E-state index in [1.165, 1.54) is 0 Å². The number of methoxy groups -OCH3 is 1. The number of benzene rings is 1. The smallest absolute Gasteiger partial charge is 0.217 e. The molecule has 0 saturated carbocycles. The molecule has 2 rings (SSSR count). The number of aromatic hydroxyl groups is 1. The fourth-order valence-electron chi connectivity index (χ4n) is 1.94. The van der Waals surface area contributed by atoms with Crippen LogP contribution in [-0.4, -0.2) is 17.2 Å². The average Bonchev–Trinajstić information content (AvgIpc) is 2.44. The molecule has 0 unspecified atom stereocenters. The monoisotopic (exact) mass is 258 g/mol. The van der Waals surface area contributed by atoms with Gasteiger partial charge in [0.2, 0.25) is 5.88 Å². The van der Waals surface area contributed by atoms with Gasteiger partial charge in [0.15, 0.2) is 0 Å². The maximum atomic E-state index is 9.92. The first-order valence-electron chi connectivity index (χ1n) is 6.18. The van der Waals surface area contributed by atoms with Crippen molar-refractivity contribution in [2.75, 3.05) is 7.11 Å². The third-order valence-electron chi connectivity index (χ3n) is 3.00. The Morgan fingerprint density at radius 2 is 1.89 bits per heavy atom. The lowest BCUT2D eigenvalue weighted by Crippen LogP contribution is -2.14. The van der Waals surface area contributed by atoms with E-state index in [0.717, 1.165) is 16.7 Å². The van der Waals surface area contributed by atoms with Gasteiger partial charge in [-0.1, -0.05) is 24.3 Å². The molecule has 0 aliphatic heterocycles. The van der Waals surface area contributed by atoms with E-state index in [1.54, 1.807) is 13.3 Å². The Labute approximate surface area is 113 Å². The predicted octanol–water partition coefficient (Wildman–Crippen LogP) is 2.39. The number of nitrogens with one attached hydrogen (secondary N) is 1. The second-order valence-corrected chi connectivity index (χ2v) is 4.36. The molecule has 4 heteroatoms. The van der Waals surface area contributed by atoms with Gasteiger partial charge in [-0.2, -0.15) is 0 Å². The fraction of sp³-hybridized carbons (Fsp3) is 0.267. The van der Waals surface area contributed by atoms with Gasteiger partial charge in [-0.15, -0.1) is 0 Å². The molecular weight excluding hydrogens is 240 g/mol. The number of para-hydroxylation sites is 1. The lowest BCUT2D eigenvalue weighted by atomic mass is 10.1. The lowest BCUT2D eigenvalue weighted by Gasteiger charge is -2.10. The number of rotatable bonds is 5. The largest absolute Gasteiger partial charge is 0.507 e. The number of aromatic nitrogens is 1. The number of phenolic OH excluding ortho intramolecular Hbond substituents is 1. The molecule has 0 saturated heterocycles. The van der Waals surface area contributed by atoms with Crippen molar-refractivity contribution >= 4 is 0 Å². The van der Waals surface area contributed by atoms with Crippen molar-refractivity contribution in [2.45, 2.75) is 20.0 Å². The topological polar surface area (TPSA) is 54.4 Å². The van der Waals surface area contributed by atoms with Gasteiger partial charge in [-0.3, -0.25) is 0 Å². The average molecular weight is 258 g/mol. The van der Waals surface area contributed by atoms with Gasteiger partial charge in [-0.25, -0.2) is 4.98 Å². The summed E-state index contributed by atoms with van der Waals surface area (Å²) in [6, 6.07) is 9.59. The molecule has 0 amide bonds. The zero-order valence-corrected chi connectivity index (χ0v) is 11.2. The first-order valence-corrected chi connectivity index (χ1v) is 6.18. The zero-order chi connectivity index (χ0) is 13.7. The summed E-state index contributed by atoms with van der Waals surface area (Å²) < 4.78 is 5.19. The van der Waals surface area contributed by atoms with Crippen molar-refractivity contribution in [2.24, 2.45) is 0 Å². The molecule has 0 radical (unpaired) electrons. The number of pyridine rings is 1. The van der Waals surface area contributed by atoms with Gasteiger partial charge in [-0.05, 0) is 18.6 Å². The molecule has 0 fully saturated rings. The molecule has 1 aromatic heterocycles. The number of hydrogen-bond acceptors (Lipinski definition) is 4. The van der Waals surface area contributed by atoms with E-state index in [2.05, 4.69) is 10.3 Å². The summed E-state index contributed by atoms with van der Waals surface area (Å²) in [5, 5.41) is 13.2. The summed E-state index contributed by atoms with van der Waals surface area (Å²) in [6.07, 6.45) is 1.70. The lowest BCUT2D eigenvalue weighted by molar-refractivity contribution is 0.390. The van der Waals surface area contributed by atoms with Crippen LogP contribution >= 0.6 is 0 Å². The second kappa shape index (κ2) is 6.20. The van der Waals surface area contributed by atoms with Crippen LogP contribution in [0, 0.1) is 6.92 Å². The Kier molecular flexibility index (Phi) is 4.36. The van der Waals surface area contributed by atoms with Crippen LogP contribution in [-0.2, 0) is 13.1 Å². The van der Waals surface area contributed by atoms with Crippen LogP contribution in [0.1, 0.15) is 16.7 Å².